The van der Waals surface area contributed by atoms with Gasteiger partial charge >= 0.3 is 0 Å². The molecule has 0 aliphatic carbocycles. The Labute approximate surface area is 93.7 Å². The highest BCUT2D eigenvalue weighted by molar-refractivity contribution is 5.65. The molecule has 1 rings (SSSR count). The number of piperidine rings is 1. The molecule has 1 atom stereocenters. The van der Waals surface area contributed by atoms with Gasteiger partial charge in [-0.1, -0.05) is 20.3 Å². The molecule has 0 aromatic rings. The highest BCUT2D eigenvalue weighted by atomic mass is 15.2. The van der Waals surface area contributed by atoms with Gasteiger partial charge in [0.15, 0.2) is 0 Å². The third kappa shape index (κ3) is 4.31. The Morgan fingerprint density at radius 1 is 1.33 bits per heavy atom. The van der Waals surface area contributed by atoms with Crippen LogP contribution in [-0.4, -0.2) is 36.9 Å². The average Bonchev–Trinajstić information content (AvgIpc) is 2.19. The maximum atomic E-state index is 5.88. The van der Waals surface area contributed by atoms with Crippen LogP contribution in [0.25, 0.3) is 0 Å². The molecule has 0 amide bonds. The molecule has 1 aliphatic heterocycles. The van der Waals surface area contributed by atoms with E-state index >= 15 is 0 Å². The minimum Gasteiger partial charge on any atom is -0.327 e. The molecule has 0 aromatic carbocycles. The van der Waals surface area contributed by atoms with Crippen molar-refractivity contribution in [2.24, 2.45) is 16.1 Å². The van der Waals surface area contributed by atoms with Gasteiger partial charge in [-0.2, -0.15) is 0 Å². The topological polar surface area (TPSA) is 41.6 Å². The Bertz CT molecular complexity index is 203. The van der Waals surface area contributed by atoms with Crippen LogP contribution < -0.4 is 5.73 Å². The number of nitrogens with two attached hydrogens (primary N) is 1. The quantitative estimate of drug-likeness (QED) is 0.721. The van der Waals surface area contributed by atoms with Crippen molar-refractivity contribution in [2.45, 2.75) is 46.1 Å². The van der Waals surface area contributed by atoms with Gasteiger partial charge in [0.1, 0.15) is 0 Å². The lowest BCUT2D eigenvalue weighted by Gasteiger charge is -2.26. The second-order valence-electron chi connectivity index (χ2n) is 5.24. The molecule has 15 heavy (non-hydrogen) atoms. The fraction of sp³-hybridized carbons (Fsp3) is 0.917. The number of aliphatic imine (C=N–C) groups is 1. The summed E-state index contributed by atoms with van der Waals surface area (Å²) in [6, 6.07) is 0.155. The molecule has 0 spiro atoms. The van der Waals surface area contributed by atoms with Crippen LogP contribution in [0.3, 0.4) is 0 Å². The molecule has 3 heteroatoms. The van der Waals surface area contributed by atoms with Gasteiger partial charge in [-0.3, -0.25) is 9.89 Å². The first-order valence-corrected chi connectivity index (χ1v) is 6.01. The zero-order chi connectivity index (χ0) is 11.3. The van der Waals surface area contributed by atoms with Crippen LogP contribution in [0.4, 0.5) is 0 Å². The minimum absolute atomic E-state index is 0.00971. The van der Waals surface area contributed by atoms with Crippen LogP contribution in [0.5, 0.6) is 0 Å². The molecule has 1 fully saturated rings. The first-order chi connectivity index (χ1) is 7.02. The van der Waals surface area contributed by atoms with Gasteiger partial charge in [0.05, 0.1) is 6.67 Å². The summed E-state index contributed by atoms with van der Waals surface area (Å²) in [5.41, 5.74) is 5.89. The first-order valence-electron chi connectivity index (χ1n) is 6.01. The van der Waals surface area contributed by atoms with Crippen molar-refractivity contribution >= 4 is 6.21 Å². The lowest BCUT2D eigenvalue weighted by atomic mass is 9.88. The van der Waals surface area contributed by atoms with Gasteiger partial charge in [-0.15, -0.1) is 0 Å². The Morgan fingerprint density at radius 2 is 1.93 bits per heavy atom. The number of hydrogen-bond acceptors (Lipinski definition) is 3. The summed E-state index contributed by atoms with van der Waals surface area (Å²) in [5, 5.41) is 0. The highest BCUT2D eigenvalue weighted by Crippen LogP contribution is 2.15. The number of rotatable bonds is 4. The summed E-state index contributed by atoms with van der Waals surface area (Å²) in [6.07, 6.45) is 6.05. The molecule has 0 unspecified atom stereocenters. The van der Waals surface area contributed by atoms with Crippen LogP contribution in [0.2, 0.25) is 0 Å². The lowest BCUT2D eigenvalue weighted by Crippen LogP contribution is -2.36. The maximum Gasteiger partial charge on any atom is 0.0905 e. The number of hydrogen-bond donors (Lipinski definition) is 1. The van der Waals surface area contributed by atoms with E-state index < -0.39 is 0 Å². The van der Waals surface area contributed by atoms with Gasteiger partial charge in [0.2, 0.25) is 0 Å². The predicted octanol–water partition coefficient (Wildman–Crippen LogP) is 1.87. The molecule has 0 bridgehead atoms. The molecule has 1 aliphatic rings. The molecule has 0 aromatic heterocycles. The Kier molecular flexibility index (Phi) is 4.74. The smallest absolute Gasteiger partial charge is 0.0905 e. The largest absolute Gasteiger partial charge is 0.327 e. The van der Waals surface area contributed by atoms with Gasteiger partial charge in [0.25, 0.3) is 0 Å². The van der Waals surface area contributed by atoms with Crippen LogP contribution in [0.1, 0.15) is 40.0 Å². The van der Waals surface area contributed by atoms with Crippen molar-refractivity contribution in [3.8, 4) is 0 Å². The van der Waals surface area contributed by atoms with E-state index in [2.05, 4.69) is 23.7 Å². The Hall–Kier alpha value is -0.410. The zero-order valence-corrected chi connectivity index (χ0v) is 10.4. The SMILES string of the molecule is C[C@H](N)C(C)(C)C=NCN1CCCCC1. The Balaban J connectivity index is 2.31. The van der Waals surface area contributed by atoms with Crippen LogP contribution >= 0.6 is 0 Å². The number of nitrogens with zero attached hydrogens (tertiary/aromatic N) is 2. The summed E-state index contributed by atoms with van der Waals surface area (Å²) in [6.45, 7) is 9.56. The van der Waals surface area contributed by atoms with Gasteiger partial charge in [0, 0.05) is 17.7 Å². The third-order valence-corrected chi connectivity index (χ3v) is 3.33. The molecule has 1 heterocycles. The maximum absolute atomic E-state index is 5.88. The minimum atomic E-state index is 0.00971. The van der Waals surface area contributed by atoms with E-state index in [4.69, 9.17) is 5.73 Å². The first kappa shape index (κ1) is 12.7. The summed E-state index contributed by atoms with van der Waals surface area (Å²) in [7, 11) is 0. The fourth-order valence-electron chi connectivity index (χ4n) is 1.61. The molecule has 0 radical (unpaired) electrons. The van der Waals surface area contributed by atoms with Crippen molar-refractivity contribution in [1.82, 2.24) is 4.90 Å². The van der Waals surface area contributed by atoms with Crippen molar-refractivity contribution < 1.29 is 0 Å². The van der Waals surface area contributed by atoms with Crippen LogP contribution in [-0.2, 0) is 0 Å². The predicted molar refractivity (Wildman–Crippen MR) is 66.2 cm³/mol. The summed E-state index contributed by atoms with van der Waals surface area (Å²) in [4.78, 5) is 6.92. The standard InChI is InChI=1S/C12H25N3/c1-11(13)12(2,3)9-14-10-15-7-5-4-6-8-15/h9,11H,4-8,10,13H2,1-3H3/t11-/m0/s1. The van der Waals surface area contributed by atoms with Crippen molar-refractivity contribution in [3.63, 3.8) is 0 Å². The molecular weight excluding hydrogens is 186 g/mol. The van der Waals surface area contributed by atoms with E-state index in [9.17, 15) is 0 Å². The third-order valence-electron chi connectivity index (χ3n) is 3.33. The molecule has 2 N–H and O–H groups in total. The van der Waals surface area contributed by atoms with E-state index in [1.807, 2.05) is 13.1 Å². The van der Waals surface area contributed by atoms with Gasteiger partial charge in [-0.25, -0.2) is 0 Å². The summed E-state index contributed by atoms with van der Waals surface area (Å²) < 4.78 is 0. The average molecular weight is 211 g/mol. The van der Waals surface area contributed by atoms with E-state index in [-0.39, 0.29) is 11.5 Å². The van der Waals surface area contributed by atoms with Gasteiger partial charge in [-0.05, 0) is 32.9 Å². The molecule has 1 saturated heterocycles. The van der Waals surface area contributed by atoms with Gasteiger partial charge < -0.3 is 5.73 Å². The highest BCUT2D eigenvalue weighted by Gasteiger charge is 2.20. The van der Waals surface area contributed by atoms with E-state index in [0.29, 0.717) is 0 Å². The van der Waals surface area contributed by atoms with Crippen LogP contribution in [0.15, 0.2) is 4.99 Å². The van der Waals surface area contributed by atoms with E-state index in [1.54, 1.807) is 0 Å². The molecular formula is C12H25N3. The van der Waals surface area contributed by atoms with E-state index in [1.165, 1.54) is 32.4 Å². The monoisotopic (exact) mass is 211 g/mol. The molecule has 88 valence electrons. The van der Waals surface area contributed by atoms with Crippen molar-refractivity contribution in [1.29, 1.82) is 0 Å². The fourth-order valence-corrected chi connectivity index (χ4v) is 1.61. The lowest BCUT2D eigenvalue weighted by molar-refractivity contribution is 0.235. The van der Waals surface area contributed by atoms with Crippen LogP contribution in [0, 0.1) is 5.41 Å². The second-order valence-corrected chi connectivity index (χ2v) is 5.24. The summed E-state index contributed by atoms with van der Waals surface area (Å²) >= 11 is 0. The van der Waals surface area contributed by atoms with Crippen molar-refractivity contribution in [2.75, 3.05) is 19.8 Å². The van der Waals surface area contributed by atoms with E-state index in [0.717, 1.165) is 6.67 Å². The van der Waals surface area contributed by atoms with Crippen molar-refractivity contribution in [3.05, 3.63) is 0 Å². The Morgan fingerprint density at radius 3 is 2.47 bits per heavy atom. The second kappa shape index (κ2) is 5.61. The molecule has 3 nitrogen and oxygen atoms in total. The summed E-state index contributed by atoms with van der Waals surface area (Å²) in [5.74, 6) is 0. The normalized spacial score (nSPS) is 22.1. The number of likely N-dealkylation sites (tertiary alicyclic amines) is 1. The molecule has 0 saturated carbocycles. The zero-order valence-electron chi connectivity index (χ0n) is 10.4.